The van der Waals surface area contributed by atoms with Gasteiger partial charge in [-0.05, 0) is 44.2 Å². The number of amides is 2. The molecule has 36 heavy (non-hydrogen) atoms. The van der Waals surface area contributed by atoms with Crippen LogP contribution >= 0.6 is 23.4 Å². The molecule has 0 saturated carbocycles. The van der Waals surface area contributed by atoms with Gasteiger partial charge in [0, 0.05) is 12.1 Å². The molecule has 0 atom stereocenters. The Morgan fingerprint density at radius 2 is 1.97 bits per heavy atom. The van der Waals surface area contributed by atoms with Crippen LogP contribution in [0.15, 0.2) is 60.3 Å². The van der Waals surface area contributed by atoms with Crippen LogP contribution < -0.4 is 10.6 Å². The Balaban J connectivity index is 1.63. The Labute approximate surface area is 218 Å². The summed E-state index contributed by atoms with van der Waals surface area (Å²) in [5.74, 6) is -0.513. The van der Waals surface area contributed by atoms with E-state index in [1.54, 1.807) is 29.7 Å². The molecule has 188 valence electrons. The van der Waals surface area contributed by atoms with Gasteiger partial charge in [0.15, 0.2) is 11.0 Å². The number of esters is 1. The monoisotopic (exact) mass is 527 g/mol. The van der Waals surface area contributed by atoms with Gasteiger partial charge in [0.2, 0.25) is 5.91 Å². The van der Waals surface area contributed by atoms with E-state index in [1.165, 1.54) is 30.0 Å². The molecule has 1 aromatic heterocycles. The van der Waals surface area contributed by atoms with E-state index in [1.807, 2.05) is 19.1 Å². The Hall–Kier alpha value is -3.63. The van der Waals surface area contributed by atoms with Gasteiger partial charge in [-0.3, -0.25) is 9.59 Å². The van der Waals surface area contributed by atoms with E-state index in [2.05, 4.69) is 27.4 Å². The molecule has 3 rings (SSSR count). The van der Waals surface area contributed by atoms with Crippen LogP contribution in [0.4, 0.5) is 5.69 Å². The van der Waals surface area contributed by atoms with Crippen LogP contribution in [0.3, 0.4) is 0 Å². The predicted octanol–water partition coefficient (Wildman–Crippen LogP) is 4.26. The van der Waals surface area contributed by atoms with E-state index >= 15 is 0 Å². The molecule has 2 aromatic carbocycles. The van der Waals surface area contributed by atoms with Crippen molar-refractivity contribution in [2.45, 2.75) is 32.1 Å². The lowest BCUT2D eigenvalue weighted by molar-refractivity contribution is -0.113. The molecule has 0 radical (unpaired) electrons. The topological polar surface area (TPSA) is 115 Å². The van der Waals surface area contributed by atoms with Crippen LogP contribution in [0.5, 0.6) is 0 Å². The molecule has 9 nitrogen and oxygen atoms in total. The predicted molar refractivity (Wildman–Crippen MR) is 139 cm³/mol. The van der Waals surface area contributed by atoms with Gasteiger partial charge in [-0.1, -0.05) is 47.1 Å². The fourth-order valence-corrected chi connectivity index (χ4v) is 4.13. The smallest absolute Gasteiger partial charge is 0.338 e. The summed E-state index contributed by atoms with van der Waals surface area (Å²) in [6.45, 7) is 8.20. The molecule has 11 heteroatoms. The van der Waals surface area contributed by atoms with Gasteiger partial charge in [0.05, 0.1) is 35.2 Å². The molecule has 0 aliphatic heterocycles. The number of carbonyl (C=O) groups excluding carboxylic acids is 3. The Bertz CT molecular complexity index is 1280. The minimum atomic E-state index is -0.501. The second-order valence-corrected chi connectivity index (χ2v) is 8.95. The summed E-state index contributed by atoms with van der Waals surface area (Å²) in [6, 6.07) is 11.8. The Kier molecular flexibility index (Phi) is 9.66. The molecule has 0 spiro atoms. The molecule has 2 amide bonds. The number of thioether (sulfide) groups is 1. The minimum Gasteiger partial charge on any atom is -0.462 e. The summed E-state index contributed by atoms with van der Waals surface area (Å²) < 4.78 is 6.76. The third kappa shape index (κ3) is 7.19. The molecule has 0 aliphatic rings. The first-order chi connectivity index (χ1) is 17.3. The van der Waals surface area contributed by atoms with Crippen LogP contribution in [0, 0.1) is 6.92 Å². The summed E-state index contributed by atoms with van der Waals surface area (Å²) in [5, 5.41) is 14.7. The highest BCUT2D eigenvalue weighted by molar-refractivity contribution is 7.99. The standard InChI is InChI=1S/C25H26ClN5O4S/c1-4-11-31-21(14-27-23(33)17-8-6-7-16(3)12-17)29-30-25(31)36-15-22(32)28-20-13-18(9-10-19(20)26)24(34)35-5-2/h4,6-10,12-13H,1,5,11,14-15H2,2-3H3,(H,27,33)(H,28,32). The van der Waals surface area contributed by atoms with Crippen molar-refractivity contribution < 1.29 is 19.1 Å². The quantitative estimate of drug-likeness (QED) is 0.217. The van der Waals surface area contributed by atoms with Gasteiger partial charge in [-0.2, -0.15) is 0 Å². The normalized spacial score (nSPS) is 10.5. The highest BCUT2D eigenvalue weighted by Crippen LogP contribution is 2.24. The van der Waals surface area contributed by atoms with Crippen molar-refractivity contribution in [3.63, 3.8) is 0 Å². The van der Waals surface area contributed by atoms with Crippen molar-refractivity contribution in [2.24, 2.45) is 0 Å². The molecule has 0 bridgehead atoms. The maximum absolute atomic E-state index is 12.6. The summed E-state index contributed by atoms with van der Waals surface area (Å²) >= 11 is 7.35. The summed E-state index contributed by atoms with van der Waals surface area (Å²) in [6.07, 6.45) is 1.68. The first-order valence-electron chi connectivity index (χ1n) is 11.1. The number of nitrogens with one attached hydrogen (secondary N) is 2. The minimum absolute atomic E-state index is 0.0187. The fourth-order valence-electron chi connectivity index (χ4n) is 3.20. The number of nitrogens with zero attached hydrogens (tertiary/aromatic N) is 3. The van der Waals surface area contributed by atoms with Crippen molar-refractivity contribution in [2.75, 3.05) is 17.7 Å². The molecule has 0 aliphatic carbocycles. The van der Waals surface area contributed by atoms with Crippen molar-refractivity contribution >= 4 is 46.8 Å². The van der Waals surface area contributed by atoms with E-state index < -0.39 is 5.97 Å². The average Bonchev–Trinajstić information content (AvgIpc) is 3.24. The number of aryl methyl sites for hydroxylation is 1. The van der Waals surface area contributed by atoms with Crippen LogP contribution in [-0.4, -0.2) is 44.9 Å². The number of hydrogen-bond acceptors (Lipinski definition) is 7. The van der Waals surface area contributed by atoms with Crippen molar-refractivity contribution in [1.82, 2.24) is 20.1 Å². The first kappa shape index (κ1) is 27.0. The maximum Gasteiger partial charge on any atom is 0.338 e. The number of carbonyl (C=O) groups is 3. The zero-order chi connectivity index (χ0) is 26.1. The third-order valence-electron chi connectivity index (χ3n) is 4.88. The lowest BCUT2D eigenvalue weighted by Crippen LogP contribution is -2.25. The molecule has 0 saturated heterocycles. The van der Waals surface area contributed by atoms with Crippen molar-refractivity contribution in [1.29, 1.82) is 0 Å². The van der Waals surface area contributed by atoms with E-state index in [9.17, 15) is 14.4 Å². The number of anilines is 1. The molecule has 2 N–H and O–H groups in total. The zero-order valence-corrected chi connectivity index (χ0v) is 21.5. The number of benzene rings is 2. The number of hydrogen-bond donors (Lipinski definition) is 2. The maximum atomic E-state index is 12.6. The molecular weight excluding hydrogens is 502 g/mol. The van der Waals surface area contributed by atoms with Gasteiger partial charge < -0.3 is 19.9 Å². The van der Waals surface area contributed by atoms with Crippen LogP contribution in [-0.2, 0) is 22.6 Å². The summed E-state index contributed by atoms with van der Waals surface area (Å²) in [5.41, 5.74) is 2.14. The Morgan fingerprint density at radius 3 is 2.69 bits per heavy atom. The molecule has 3 aromatic rings. The van der Waals surface area contributed by atoms with Gasteiger partial charge in [0.25, 0.3) is 5.91 Å². The van der Waals surface area contributed by atoms with Crippen molar-refractivity contribution in [3.05, 3.63) is 82.7 Å². The summed E-state index contributed by atoms with van der Waals surface area (Å²) in [4.78, 5) is 37.0. The van der Waals surface area contributed by atoms with E-state index in [0.29, 0.717) is 33.8 Å². The fraction of sp³-hybridized carbons (Fsp3) is 0.240. The lowest BCUT2D eigenvalue weighted by atomic mass is 10.1. The molecule has 0 fully saturated rings. The third-order valence-corrected chi connectivity index (χ3v) is 6.17. The number of ether oxygens (including phenoxy) is 1. The second-order valence-electron chi connectivity index (χ2n) is 7.60. The Morgan fingerprint density at radius 1 is 1.17 bits per heavy atom. The second kappa shape index (κ2) is 12.9. The number of rotatable bonds is 11. The highest BCUT2D eigenvalue weighted by atomic mass is 35.5. The van der Waals surface area contributed by atoms with Gasteiger partial charge in [-0.15, -0.1) is 16.8 Å². The summed E-state index contributed by atoms with van der Waals surface area (Å²) in [7, 11) is 0. The van der Waals surface area contributed by atoms with Crippen LogP contribution in [0.1, 0.15) is 39.0 Å². The van der Waals surface area contributed by atoms with E-state index in [4.69, 9.17) is 16.3 Å². The average molecular weight is 528 g/mol. The highest BCUT2D eigenvalue weighted by Gasteiger charge is 2.16. The first-order valence-corrected chi connectivity index (χ1v) is 12.5. The van der Waals surface area contributed by atoms with Crippen LogP contribution in [0.2, 0.25) is 5.02 Å². The zero-order valence-electron chi connectivity index (χ0n) is 19.9. The van der Waals surface area contributed by atoms with Gasteiger partial charge in [-0.25, -0.2) is 4.79 Å². The van der Waals surface area contributed by atoms with E-state index in [0.717, 1.165) is 5.56 Å². The van der Waals surface area contributed by atoms with Crippen molar-refractivity contribution in [3.8, 4) is 0 Å². The van der Waals surface area contributed by atoms with Gasteiger partial charge in [0.1, 0.15) is 0 Å². The molecular formula is C25H26ClN5O4S. The number of halogens is 1. The number of allylic oxidation sites excluding steroid dienone is 1. The largest absolute Gasteiger partial charge is 0.462 e. The number of aromatic nitrogens is 3. The SMILES string of the molecule is C=CCn1c(CNC(=O)c2cccc(C)c2)nnc1SCC(=O)Nc1cc(C(=O)OCC)ccc1Cl. The molecule has 0 unspecified atom stereocenters. The molecule has 1 heterocycles. The lowest BCUT2D eigenvalue weighted by Gasteiger charge is -2.10. The van der Waals surface area contributed by atoms with Gasteiger partial charge >= 0.3 is 5.97 Å². The van der Waals surface area contributed by atoms with E-state index in [-0.39, 0.29) is 36.3 Å². The van der Waals surface area contributed by atoms with Crippen LogP contribution in [0.25, 0.3) is 0 Å².